The highest BCUT2D eigenvalue weighted by atomic mass is 31.2. The molecule has 0 aromatic rings. The van der Waals surface area contributed by atoms with Crippen LogP contribution in [0.5, 0.6) is 0 Å². The molecule has 0 spiro atoms. The molecule has 0 aliphatic heterocycles. The van der Waals surface area contributed by atoms with Crippen molar-refractivity contribution in [1.29, 1.82) is 5.26 Å². The van der Waals surface area contributed by atoms with Crippen molar-refractivity contribution in [3.05, 3.63) is 0 Å². The fourth-order valence-corrected chi connectivity index (χ4v) is 2.13. The first-order valence-corrected chi connectivity index (χ1v) is 5.84. The van der Waals surface area contributed by atoms with Crippen LogP contribution < -0.4 is 0 Å². The normalized spacial score (nSPS) is 12.1. The molecule has 0 amide bonds. The average Bonchev–Trinajstić information content (AvgIpc) is 1.97. The molecule has 0 unspecified atom stereocenters. The molecule has 0 aliphatic carbocycles. The fourth-order valence-electron chi connectivity index (χ4n) is 0.710. The molecule has 0 N–H and O–H groups in total. The van der Waals surface area contributed by atoms with E-state index in [1.54, 1.807) is 33.8 Å². The summed E-state index contributed by atoms with van der Waals surface area (Å²) in [7, 11) is -3.57. The van der Waals surface area contributed by atoms with Gasteiger partial charge in [-0.15, -0.1) is 0 Å². The van der Waals surface area contributed by atoms with Crippen LogP contribution in [0.25, 0.3) is 0 Å². The van der Waals surface area contributed by atoms with Gasteiger partial charge in [-0.1, -0.05) is 0 Å². The molecular formula is C8H16NO4P. The van der Waals surface area contributed by atoms with Crippen molar-refractivity contribution < 1.29 is 18.1 Å². The van der Waals surface area contributed by atoms with Crippen molar-refractivity contribution in [2.75, 3.05) is 6.61 Å². The third-order valence-corrected chi connectivity index (χ3v) is 2.77. The topological polar surface area (TPSA) is 68.5 Å². The highest BCUT2D eigenvalue weighted by Gasteiger charge is 2.29. The Balaban J connectivity index is 4.35. The maximum atomic E-state index is 11.8. The Kier molecular flexibility index (Phi) is 5.98. The van der Waals surface area contributed by atoms with Crippen molar-refractivity contribution >= 4 is 7.82 Å². The second-order valence-corrected chi connectivity index (χ2v) is 4.76. The van der Waals surface area contributed by atoms with Crippen LogP contribution in [0.4, 0.5) is 0 Å². The van der Waals surface area contributed by atoms with Crippen LogP contribution in [0.2, 0.25) is 0 Å². The molecule has 0 heterocycles. The van der Waals surface area contributed by atoms with Gasteiger partial charge in [0.1, 0.15) is 6.61 Å². The highest BCUT2D eigenvalue weighted by molar-refractivity contribution is 7.48. The summed E-state index contributed by atoms with van der Waals surface area (Å²) in [5.41, 5.74) is 0. The van der Waals surface area contributed by atoms with Gasteiger partial charge in [0.25, 0.3) is 0 Å². The Bertz CT molecular complexity index is 232. The van der Waals surface area contributed by atoms with Crippen LogP contribution in [0.3, 0.4) is 0 Å². The molecule has 0 rings (SSSR count). The number of phosphoric acid groups is 1. The van der Waals surface area contributed by atoms with Crippen molar-refractivity contribution in [3.8, 4) is 6.07 Å². The van der Waals surface area contributed by atoms with Gasteiger partial charge in [0.2, 0.25) is 0 Å². The largest absolute Gasteiger partial charge is 0.476 e. The lowest BCUT2D eigenvalue weighted by Gasteiger charge is -2.20. The monoisotopic (exact) mass is 221 g/mol. The van der Waals surface area contributed by atoms with E-state index in [1.165, 1.54) is 0 Å². The summed E-state index contributed by atoms with van der Waals surface area (Å²) >= 11 is 0. The number of nitrogens with zero attached hydrogens (tertiary/aromatic N) is 1. The molecule has 0 aliphatic rings. The standard InChI is InChI=1S/C8H16NO4P/c1-7(2)12-14(10,11-6-5-9)13-8(3)4/h7-8H,6H2,1-4H3. The molecule has 0 radical (unpaired) electrons. The minimum absolute atomic E-state index is 0.279. The zero-order valence-electron chi connectivity index (χ0n) is 8.89. The van der Waals surface area contributed by atoms with Crippen LogP contribution in [0.15, 0.2) is 0 Å². The van der Waals surface area contributed by atoms with E-state index in [1.807, 2.05) is 0 Å². The number of phosphoric ester groups is 1. The minimum atomic E-state index is -3.57. The summed E-state index contributed by atoms with van der Waals surface area (Å²) in [6.45, 7) is 6.55. The molecule has 5 nitrogen and oxygen atoms in total. The summed E-state index contributed by atoms with van der Waals surface area (Å²) in [4.78, 5) is 0. The third-order valence-electron chi connectivity index (χ3n) is 0.967. The van der Waals surface area contributed by atoms with Crippen molar-refractivity contribution in [2.45, 2.75) is 39.9 Å². The molecule has 0 bridgehead atoms. The Morgan fingerprint density at radius 3 is 1.93 bits per heavy atom. The lowest BCUT2D eigenvalue weighted by atomic mass is 10.5. The number of nitriles is 1. The second kappa shape index (κ2) is 6.15. The van der Waals surface area contributed by atoms with Crippen LogP contribution >= 0.6 is 7.82 Å². The maximum absolute atomic E-state index is 11.8. The van der Waals surface area contributed by atoms with E-state index in [9.17, 15) is 4.57 Å². The van der Waals surface area contributed by atoms with Gasteiger partial charge >= 0.3 is 7.82 Å². The van der Waals surface area contributed by atoms with Gasteiger partial charge in [-0.3, -0.25) is 13.6 Å². The Morgan fingerprint density at radius 2 is 1.64 bits per heavy atom. The first kappa shape index (κ1) is 13.6. The third kappa shape index (κ3) is 6.11. The summed E-state index contributed by atoms with van der Waals surface area (Å²) in [6.07, 6.45) is -0.559. The van der Waals surface area contributed by atoms with Gasteiger partial charge in [0.15, 0.2) is 0 Å². The van der Waals surface area contributed by atoms with E-state index >= 15 is 0 Å². The van der Waals surface area contributed by atoms with Crippen LogP contribution in [0.1, 0.15) is 27.7 Å². The Hall–Kier alpha value is -0.400. The number of hydrogen-bond donors (Lipinski definition) is 0. The van der Waals surface area contributed by atoms with Gasteiger partial charge in [-0.05, 0) is 27.7 Å². The smallest absolute Gasteiger partial charge is 0.284 e. The van der Waals surface area contributed by atoms with E-state index in [-0.39, 0.29) is 18.8 Å². The van der Waals surface area contributed by atoms with Gasteiger partial charge in [0, 0.05) is 0 Å². The number of hydrogen-bond acceptors (Lipinski definition) is 5. The van der Waals surface area contributed by atoms with E-state index in [2.05, 4.69) is 0 Å². The molecule has 0 aromatic carbocycles. The molecular weight excluding hydrogens is 205 g/mol. The Morgan fingerprint density at radius 1 is 1.21 bits per heavy atom. The van der Waals surface area contributed by atoms with E-state index < -0.39 is 7.82 Å². The molecule has 6 heteroatoms. The number of rotatable bonds is 6. The summed E-state index contributed by atoms with van der Waals surface area (Å²) in [5.74, 6) is 0. The summed E-state index contributed by atoms with van der Waals surface area (Å²) in [6, 6.07) is 1.72. The van der Waals surface area contributed by atoms with Crippen LogP contribution in [0, 0.1) is 11.3 Å². The van der Waals surface area contributed by atoms with Gasteiger partial charge in [-0.2, -0.15) is 5.26 Å². The van der Waals surface area contributed by atoms with Crippen LogP contribution in [-0.2, 0) is 18.1 Å². The molecule has 0 fully saturated rings. The van der Waals surface area contributed by atoms with Crippen molar-refractivity contribution in [1.82, 2.24) is 0 Å². The SMILES string of the molecule is CC(C)OP(=O)(OCC#N)OC(C)C. The molecule has 0 aromatic heterocycles. The molecule has 0 atom stereocenters. The first-order valence-electron chi connectivity index (χ1n) is 4.38. The van der Waals surface area contributed by atoms with Gasteiger partial charge < -0.3 is 0 Å². The predicted octanol–water partition coefficient (Wildman–Crippen LogP) is 2.48. The van der Waals surface area contributed by atoms with Gasteiger partial charge in [0.05, 0.1) is 18.3 Å². The zero-order valence-corrected chi connectivity index (χ0v) is 9.78. The predicted molar refractivity (Wildman–Crippen MR) is 51.6 cm³/mol. The molecule has 0 saturated heterocycles. The maximum Gasteiger partial charge on any atom is 0.476 e. The quantitative estimate of drug-likeness (QED) is 0.644. The first-order chi connectivity index (χ1) is 6.39. The van der Waals surface area contributed by atoms with Gasteiger partial charge in [-0.25, -0.2) is 4.57 Å². The zero-order chi connectivity index (χ0) is 11.2. The van der Waals surface area contributed by atoms with E-state index in [0.717, 1.165) is 0 Å². The van der Waals surface area contributed by atoms with E-state index in [0.29, 0.717) is 0 Å². The van der Waals surface area contributed by atoms with Crippen molar-refractivity contribution in [2.24, 2.45) is 0 Å². The highest BCUT2D eigenvalue weighted by Crippen LogP contribution is 2.51. The van der Waals surface area contributed by atoms with Crippen LogP contribution in [-0.4, -0.2) is 18.8 Å². The molecule has 14 heavy (non-hydrogen) atoms. The summed E-state index contributed by atoms with van der Waals surface area (Å²) in [5, 5.41) is 8.29. The lowest BCUT2D eigenvalue weighted by molar-refractivity contribution is 0.0789. The summed E-state index contributed by atoms with van der Waals surface area (Å²) < 4.78 is 26.5. The van der Waals surface area contributed by atoms with E-state index in [4.69, 9.17) is 18.8 Å². The average molecular weight is 221 g/mol. The van der Waals surface area contributed by atoms with Crippen molar-refractivity contribution in [3.63, 3.8) is 0 Å². The minimum Gasteiger partial charge on any atom is -0.284 e. The molecule has 0 saturated carbocycles. The fraction of sp³-hybridized carbons (Fsp3) is 0.875. The second-order valence-electron chi connectivity index (χ2n) is 3.19. The molecule has 82 valence electrons. The lowest BCUT2D eigenvalue weighted by Crippen LogP contribution is -2.10. The Labute approximate surface area is 84.6 Å².